The second kappa shape index (κ2) is 8.78. The Hall–Kier alpha value is -0.260. The molecule has 1 fully saturated rings. The van der Waals surface area contributed by atoms with Crippen LogP contribution in [-0.4, -0.2) is 47.8 Å². The maximum absolute atomic E-state index is 11.5. The zero-order valence-corrected chi connectivity index (χ0v) is 11.4. The molecule has 100 valence electrons. The van der Waals surface area contributed by atoms with Gasteiger partial charge in [0.25, 0.3) is 0 Å². The number of rotatable bonds is 7. The molecule has 1 heterocycles. The second-order valence-corrected chi connectivity index (χ2v) is 5.80. The van der Waals surface area contributed by atoms with Gasteiger partial charge in [-0.05, 0) is 32.4 Å². The monoisotopic (exact) mass is 260 g/mol. The van der Waals surface area contributed by atoms with E-state index in [1.165, 1.54) is 0 Å². The second-order valence-electron chi connectivity index (χ2n) is 4.51. The van der Waals surface area contributed by atoms with E-state index in [2.05, 4.69) is 10.6 Å². The van der Waals surface area contributed by atoms with Crippen LogP contribution < -0.4 is 10.6 Å². The highest BCUT2D eigenvalue weighted by atomic mass is 32.2. The molecule has 0 bridgehead atoms. The van der Waals surface area contributed by atoms with Crippen molar-refractivity contribution in [3.05, 3.63) is 0 Å². The molecule has 0 aromatic carbocycles. The molecule has 1 unspecified atom stereocenters. The topological polar surface area (TPSA) is 61.4 Å². The molecule has 0 saturated carbocycles. The van der Waals surface area contributed by atoms with Crippen LogP contribution in [0.1, 0.15) is 32.6 Å². The van der Waals surface area contributed by atoms with E-state index < -0.39 is 6.10 Å². The van der Waals surface area contributed by atoms with Gasteiger partial charge in [0.05, 0.1) is 11.9 Å². The van der Waals surface area contributed by atoms with Gasteiger partial charge in [0.2, 0.25) is 5.91 Å². The summed E-state index contributed by atoms with van der Waals surface area (Å²) in [5.74, 6) is 0.562. The van der Waals surface area contributed by atoms with Gasteiger partial charge in [-0.2, -0.15) is 0 Å². The largest absolute Gasteiger partial charge is 0.391 e. The quantitative estimate of drug-likeness (QED) is 0.632. The minimum atomic E-state index is -0.396. The number of nitrogens with one attached hydrogen (secondary N) is 2. The standard InChI is InChI=1S/C12H24N2O2S/c1-2-3-10(15)8-14-12(16)9-17-11-4-6-13-7-5-11/h10-11,13,15H,2-9H2,1H3,(H,14,16). The maximum atomic E-state index is 11.5. The van der Waals surface area contributed by atoms with Crippen molar-refractivity contribution >= 4 is 17.7 Å². The first-order valence-electron chi connectivity index (χ1n) is 6.49. The summed E-state index contributed by atoms with van der Waals surface area (Å²) < 4.78 is 0. The van der Waals surface area contributed by atoms with E-state index in [1.54, 1.807) is 11.8 Å². The lowest BCUT2D eigenvalue weighted by atomic mass is 10.2. The summed E-state index contributed by atoms with van der Waals surface area (Å²) in [7, 11) is 0. The Balaban J connectivity index is 2.04. The molecule has 1 rings (SSSR count). The predicted molar refractivity (Wildman–Crippen MR) is 72.3 cm³/mol. The molecule has 5 heteroatoms. The first-order chi connectivity index (χ1) is 8.22. The SMILES string of the molecule is CCCC(O)CNC(=O)CSC1CCNCC1. The molecule has 0 aliphatic carbocycles. The molecule has 1 atom stereocenters. The fraction of sp³-hybridized carbons (Fsp3) is 0.917. The van der Waals surface area contributed by atoms with Gasteiger partial charge < -0.3 is 15.7 Å². The third-order valence-electron chi connectivity index (χ3n) is 2.89. The molecule has 17 heavy (non-hydrogen) atoms. The highest BCUT2D eigenvalue weighted by Gasteiger charge is 2.15. The van der Waals surface area contributed by atoms with Crippen LogP contribution in [0, 0.1) is 0 Å². The predicted octanol–water partition coefficient (Wildman–Crippen LogP) is 0.749. The van der Waals surface area contributed by atoms with E-state index in [4.69, 9.17) is 0 Å². The summed E-state index contributed by atoms with van der Waals surface area (Å²) in [5, 5.41) is 16.2. The number of aliphatic hydroxyl groups excluding tert-OH is 1. The Kier molecular flexibility index (Phi) is 7.64. The first-order valence-corrected chi connectivity index (χ1v) is 7.54. The lowest BCUT2D eigenvalue weighted by molar-refractivity contribution is -0.119. The molecule has 1 aliphatic rings. The number of carbonyl (C=O) groups is 1. The molecule has 4 nitrogen and oxygen atoms in total. The smallest absolute Gasteiger partial charge is 0.230 e. The van der Waals surface area contributed by atoms with Crippen LogP contribution in [0.5, 0.6) is 0 Å². The van der Waals surface area contributed by atoms with E-state index in [0.29, 0.717) is 17.5 Å². The summed E-state index contributed by atoms with van der Waals surface area (Å²) in [5.41, 5.74) is 0. The molecule has 0 radical (unpaired) electrons. The molecule has 1 saturated heterocycles. The molecule has 0 spiro atoms. The van der Waals surface area contributed by atoms with Crippen molar-refractivity contribution in [2.45, 2.75) is 44.0 Å². The summed E-state index contributed by atoms with van der Waals surface area (Å²) in [6.07, 6.45) is 3.60. The van der Waals surface area contributed by atoms with E-state index in [-0.39, 0.29) is 5.91 Å². The van der Waals surface area contributed by atoms with Gasteiger partial charge in [-0.15, -0.1) is 11.8 Å². The number of hydrogen-bond acceptors (Lipinski definition) is 4. The van der Waals surface area contributed by atoms with Crippen LogP contribution in [0.25, 0.3) is 0 Å². The Morgan fingerprint density at radius 3 is 2.88 bits per heavy atom. The van der Waals surface area contributed by atoms with Gasteiger partial charge in [-0.25, -0.2) is 0 Å². The summed E-state index contributed by atoms with van der Waals surface area (Å²) >= 11 is 1.74. The lowest BCUT2D eigenvalue weighted by Gasteiger charge is -2.21. The van der Waals surface area contributed by atoms with Crippen LogP contribution in [-0.2, 0) is 4.79 Å². The molecule has 1 amide bonds. The van der Waals surface area contributed by atoms with Gasteiger partial charge in [0.15, 0.2) is 0 Å². The van der Waals surface area contributed by atoms with E-state index in [0.717, 1.165) is 38.8 Å². The fourth-order valence-electron chi connectivity index (χ4n) is 1.87. The van der Waals surface area contributed by atoms with E-state index in [9.17, 15) is 9.90 Å². The van der Waals surface area contributed by atoms with Gasteiger partial charge in [0.1, 0.15) is 0 Å². The third kappa shape index (κ3) is 6.91. The van der Waals surface area contributed by atoms with Crippen molar-refractivity contribution in [1.82, 2.24) is 10.6 Å². The molecule has 3 N–H and O–H groups in total. The van der Waals surface area contributed by atoms with Crippen molar-refractivity contribution in [1.29, 1.82) is 0 Å². The van der Waals surface area contributed by atoms with E-state index in [1.807, 2.05) is 6.92 Å². The molecule has 0 aromatic rings. The Morgan fingerprint density at radius 1 is 1.53 bits per heavy atom. The lowest BCUT2D eigenvalue weighted by Crippen LogP contribution is -2.34. The highest BCUT2D eigenvalue weighted by molar-refractivity contribution is 8.00. The number of thioether (sulfide) groups is 1. The van der Waals surface area contributed by atoms with Gasteiger partial charge in [-0.1, -0.05) is 13.3 Å². The zero-order chi connectivity index (χ0) is 12.5. The average Bonchev–Trinajstić information content (AvgIpc) is 2.35. The molecular formula is C12H24N2O2S. The van der Waals surface area contributed by atoms with Crippen LogP contribution in [0.4, 0.5) is 0 Å². The van der Waals surface area contributed by atoms with Crippen molar-refractivity contribution < 1.29 is 9.90 Å². The number of hydrogen-bond donors (Lipinski definition) is 3. The first kappa shape index (κ1) is 14.8. The Bertz CT molecular complexity index is 221. The van der Waals surface area contributed by atoms with Crippen LogP contribution >= 0.6 is 11.8 Å². The van der Waals surface area contributed by atoms with Crippen molar-refractivity contribution in [3.63, 3.8) is 0 Å². The van der Waals surface area contributed by atoms with Crippen LogP contribution in [0.15, 0.2) is 0 Å². The summed E-state index contributed by atoms with van der Waals surface area (Å²) in [4.78, 5) is 11.5. The van der Waals surface area contributed by atoms with Crippen LogP contribution in [0.3, 0.4) is 0 Å². The van der Waals surface area contributed by atoms with Gasteiger partial charge in [-0.3, -0.25) is 4.79 Å². The normalized spacial score (nSPS) is 18.9. The van der Waals surface area contributed by atoms with Crippen LogP contribution in [0.2, 0.25) is 0 Å². The number of piperidine rings is 1. The number of amides is 1. The van der Waals surface area contributed by atoms with Crippen molar-refractivity contribution in [2.24, 2.45) is 0 Å². The van der Waals surface area contributed by atoms with Crippen molar-refractivity contribution in [3.8, 4) is 0 Å². The Labute approximate surface area is 108 Å². The third-order valence-corrected chi connectivity index (χ3v) is 4.26. The molecular weight excluding hydrogens is 236 g/mol. The number of aliphatic hydroxyl groups is 1. The number of carbonyl (C=O) groups excluding carboxylic acids is 1. The average molecular weight is 260 g/mol. The Morgan fingerprint density at radius 2 is 2.24 bits per heavy atom. The minimum absolute atomic E-state index is 0.0451. The van der Waals surface area contributed by atoms with E-state index >= 15 is 0 Å². The summed E-state index contributed by atoms with van der Waals surface area (Å²) in [6.45, 7) is 4.54. The maximum Gasteiger partial charge on any atom is 0.230 e. The minimum Gasteiger partial charge on any atom is -0.391 e. The summed E-state index contributed by atoms with van der Waals surface area (Å²) in [6, 6.07) is 0. The van der Waals surface area contributed by atoms with Gasteiger partial charge in [0, 0.05) is 11.8 Å². The molecule has 0 aromatic heterocycles. The highest BCUT2D eigenvalue weighted by Crippen LogP contribution is 2.19. The fourth-order valence-corrected chi connectivity index (χ4v) is 2.93. The molecule has 1 aliphatic heterocycles. The van der Waals surface area contributed by atoms with Crippen molar-refractivity contribution in [2.75, 3.05) is 25.4 Å². The van der Waals surface area contributed by atoms with Gasteiger partial charge >= 0.3 is 0 Å². The zero-order valence-electron chi connectivity index (χ0n) is 10.6.